The summed E-state index contributed by atoms with van der Waals surface area (Å²) < 4.78 is 1.16. The van der Waals surface area contributed by atoms with Crippen LogP contribution in [0.1, 0.15) is 39.0 Å². The predicted octanol–water partition coefficient (Wildman–Crippen LogP) is 5.13. The Balaban J connectivity index is 2.01. The Labute approximate surface area is 171 Å². The molecule has 3 rings (SSSR count). The highest BCUT2D eigenvalue weighted by atomic mass is 32.1. The third-order valence-corrected chi connectivity index (χ3v) is 5.97. The molecule has 0 N–H and O–H groups in total. The number of carbonyl (C=O) groups is 1. The minimum Gasteiger partial charge on any atom is -0.309 e. The van der Waals surface area contributed by atoms with Crippen LogP contribution >= 0.6 is 11.3 Å². The standard InChI is InChI=1S/C23H29N3OS/c1-15-10-16(2)13-19(12-15)22(27)26(9-7-8-25(5)6)23-24-20-14-17(3)11-18(4)21(20)28-23/h10-14H,7-9H2,1-6H3. The lowest BCUT2D eigenvalue weighted by Gasteiger charge is -2.21. The Morgan fingerprint density at radius 2 is 1.57 bits per heavy atom. The van der Waals surface area contributed by atoms with Gasteiger partial charge >= 0.3 is 0 Å². The van der Waals surface area contributed by atoms with Gasteiger partial charge in [-0.2, -0.15) is 0 Å². The Hall–Kier alpha value is -2.24. The molecule has 0 radical (unpaired) electrons. The Kier molecular flexibility index (Phi) is 6.16. The molecule has 4 nitrogen and oxygen atoms in total. The summed E-state index contributed by atoms with van der Waals surface area (Å²) in [6.45, 7) is 9.84. The van der Waals surface area contributed by atoms with E-state index in [1.807, 2.05) is 30.9 Å². The van der Waals surface area contributed by atoms with E-state index >= 15 is 0 Å². The Bertz CT molecular complexity index is 986. The van der Waals surface area contributed by atoms with Crippen LogP contribution in [0.3, 0.4) is 0 Å². The van der Waals surface area contributed by atoms with Crippen LogP contribution in [-0.4, -0.2) is 43.0 Å². The molecular formula is C23H29N3OS. The molecule has 1 aromatic heterocycles. The highest BCUT2D eigenvalue weighted by molar-refractivity contribution is 7.22. The van der Waals surface area contributed by atoms with E-state index in [1.54, 1.807) is 11.3 Å². The largest absolute Gasteiger partial charge is 0.309 e. The molecule has 0 saturated carbocycles. The minimum absolute atomic E-state index is 0.0268. The third-order valence-electron chi connectivity index (χ3n) is 4.74. The molecule has 0 aliphatic carbocycles. The molecule has 0 saturated heterocycles. The lowest BCUT2D eigenvalue weighted by molar-refractivity contribution is 0.0986. The van der Waals surface area contributed by atoms with Crippen molar-refractivity contribution in [2.75, 3.05) is 32.1 Å². The van der Waals surface area contributed by atoms with Crippen LogP contribution in [0.15, 0.2) is 30.3 Å². The molecule has 0 spiro atoms. The third kappa shape index (κ3) is 4.59. The van der Waals surface area contributed by atoms with Crippen LogP contribution in [0.2, 0.25) is 0 Å². The van der Waals surface area contributed by atoms with Gasteiger partial charge in [-0.1, -0.05) is 34.6 Å². The maximum Gasteiger partial charge on any atom is 0.260 e. The summed E-state index contributed by atoms with van der Waals surface area (Å²) in [6.07, 6.45) is 0.900. The SMILES string of the molecule is Cc1cc(C)cc(C(=O)N(CCCN(C)C)c2nc3cc(C)cc(C)c3s2)c1. The van der Waals surface area contributed by atoms with Crippen LogP contribution in [0.5, 0.6) is 0 Å². The molecular weight excluding hydrogens is 366 g/mol. The molecule has 2 aromatic carbocycles. The normalized spacial score (nSPS) is 11.4. The number of hydrogen-bond acceptors (Lipinski definition) is 4. The molecule has 1 heterocycles. The number of aromatic nitrogens is 1. The zero-order valence-electron chi connectivity index (χ0n) is 17.7. The lowest BCUT2D eigenvalue weighted by atomic mass is 10.1. The summed E-state index contributed by atoms with van der Waals surface area (Å²) in [5.41, 5.74) is 6.32. The zero-order valence-corrected chi connectivity index (χ0v) is 18.5. The highest BCUT2D eigenvalue weighted by Crippen LogP contribution is 2.33. The van der Waals surface area contributed by atoms with Crippen LogP contribution in [0, 0.1) is 27.7 Å². The van der Waals surface area contributed by atoms with Crippen molar-refractivity contribution in [3.8, 4) is 0 Å². The number of rotatable bonds is 6. The number of hydrogen-bond donors (Lipinski definition) is 0. The summed E-state index contributed by atoms with van der Waals surface area (Å²) in [5.74, 6) is 0.0268. The molecule has 0 atom stereocenters. The molecule has 0 bridgehead atoms. The Morgan fingerprint density at radius 3 is 2.21 bits per heavy atom. The molecule has 0 aliphatic rings. The second-order valence-electron chi connectivity index (χ2n) is 7.92. The van der Waals surface area contributed by atoms with E-state index in [4.69, 9.17) is 4.98 Å². The average Bonchev–Trinajstić information content (AvgIpc) is 3.01. The van der Waals surface area contributed by atoms with Gasteiger partial charge in [-0.25, -0.2) is 4.98 Å². The summed E-state index contributed by atoms with van der Waals surface area (Å²) in [7, 11) is 4.11. The minimum atomic E-state index is 0.0268. The molecule has 1 amide bonds. The van der Waals surface area contributed by atoms with Crippen molar-refractivity contribution in [3.63, 3.8) is 0 Å². The van der Waals surface area contributed by atoms with Gasteiger partial charge in [0.25, 0.3) is 5.91 Å². The number of nitrogens with zero attached hydrogens (tertiary/aromatic N) is 3. The van der Waals surface area contributed by atoms with Crippen molar-refractivity contribution in [3.05, 3.63) is 58.1 Å². The van der Waals surface area contributed by atoms with Gasteiger partial charge in [0.15, 0.2) is 5.13 Å². The van der Waals surface area contributed by atoms with Crippen molar-refractivity contribution in [1.82, 2.24) is 9.88 Å². The van der Waals surface area contributed by atoms with Gasteiger partial charge in [0, 0.05) is 12.1 Å². The van der Waals surface area contributed by atoms with Gasteiger partial charge in [0.1, 0.15) is 0 Å². The number of anilines is 1. The lowest BCUT2D eigenvalue weighted by Crippen LogP contribution is -2.33. The fourth-order valence-corrected chi connectivity index (χ4v) is 4.60. The molecule has 0 fully saturated rings. The number of thiazole rings is 1. The second kappa shape index (κ2) is 8.41. The first-order chi connectivity index (χ1) is 13.2. The van der Waals surface area contributed by atoms with Crippen LogP contribution in [0.4, 0.5) is 5.13 Å². The molecule has 148 valence electrons. The van der Waals surface area contributed by atoms with Crippen LogP contribution in [-0.2, 0) is 0 Å². The van der Waals surface area contributed by atoms with Gasteiger partial charge in [-0.3, -0.25) is 9.69 Å². The number of carbonyl (C=O) groups excluding carboxylic acids is 1. The molecule has 28 heavy (non-hydrogen) atoms. The van der Waals surface area contributed by atoms with E-state index in [0.29, 0.717) is 6.54 Å². The van der Waals surface area contributed by atoms with Crippen molar-refractivity contribution >= 4 is 32.6 Å². The Morgan fingerprint density at radius 1 is 0.929 bits per heavy atom. The van der Waals surface area contributed by atoms with E-state index in [1.165, 1.54) is 11.1 Å². The summed E-state index contributed by atoms with van der Waals surface area (Å²) >= 11 is 1.61. The van der Waals surface area contributed by atoms with Gasteiger partial charge < -0.3 is 4.90 Å². The fraction of sp³-hybridized carbons (Fsp3) is 0.391. The second-order valence-corrected chi connectivity index (χ2v) is 8.89. The number of benzene rings is 2. The maximum absolute atomic E-state index is 13.4. The van der Waals surface area contributed by atoms with Crippen LogP contribution in [0.25, 0.3) is 10.2 Å². The quantitative estimate of drug-likeness (QED) is 0.581. The van der Waals surface area contributed by atoms with E-state index in [9.17, 15) is 4.79 Å². The fourth-order valence-electron chi connectivity index (χ4n) is 3.56. The van der Waals surface area contributed by atoms with Crippen molar-refractivity contribution in [2.45, 2.75) is 34.1 Å². The first kappa shape index (κ1) is 20.5. The van der Waals surface area contributed by atoms with Crippen molar-refractivity contribution in [1.29, 1.82) is 0 Å². The topological polar surface area (TPSA) is 36.4 Å². The van der Waals surface area contributed by atoms with Gasteiger partial charge in [0.2, 0.25) is 0 Å². The van der Waals surface area contributed by atoms with E-state index < -0.39 is 0 Å². The predicted molar refractivity (Wildman–Crippen MR) is 120 cm³/mol. The van der Waals surface area contributed by atoms with Gasteiger partial charge in [-0.15, -0.1) is 0 Å². The summed E-state index contributed by atoms with van der Waals surface area (Å²) in [4.78, 5) is 22.3. The molecule has 5 heteroatoms. The van der Waals surface area contributed by atoms with Crippen molar-refractivity contribution in [2.24, 2.45) is 0 Å². The van der Waals surface area contributed by atoms with E-state index in [2.05, 4.69) is 51.0 Å². The monoisotopic (exact) mass is 395 g/mol. The van der Waals surface area contributed by atoms with Gasteiger partial charge in [-0.05, 0) is 84.1 Å². The number of fused-ring (bicyclic) bond motifs is 1. The molecule has 0 aliphatic heterocycles. The summed E-state index contributed by atoms with van der Waals surface area (Å²) in [5, 5.41) is 0.784. The first-order valence-electron chi connectivity index (χ1n) is 9.67. The highest BCUT2D eigenvalue weighted by Gasteiger charge is 2.22. The molecule has 3 aromatic rings. The first-order valence-corrected chi connectivity index (χ1v) is 10.5. The maximum atomic E-state index is 13.4. The number of aryl methyl sites for hydroxylation is 4. The summed E-state index contributed by atoms with van der Waals surface area (Å²) in [6, 6.07) is 10.3. The van der Waals surface area contributed by atoms with E-state index in [-0.39, 0.29) is 5.91 Å². The van der Waals surface area contributed by atoms with Crippen LogP contribution < -0.4 is 4.90 Å². The number of amides is 1. The van der Waals surface area contributed by atoms with Gasteiger partial charge in [0.05, 0.1) is 10.2 Å². The zero-order chi connectivity index (χ0) is 20.4. The van der Waals surface area contributed by atoms with E-state index in [0.717, 1.165) is 45.0 Å². The molecule has 0 unspecified atom stereocenters. The average molecular weight is 396 g/mol. The smallest absolute Gasteiger partial charge is 0.260 e. The van der Waals surface area contributed by atoms with Crippen molar-refractivity contribution < 1.29 is 4.79 Å².